The first kappa shape index (κ1) is 15.9. The Labute approximate surface area is 116 Å². The number of imide groups is 1. The number of aliphatic carboxylic acids is 1. The summed E-state index contributed by atoms with van der Waals surface area (Å²) in [5, 5.41) is 13.6. The molecule has 3 N–H and O–H groups in total. The van der Waals surface area contributed by atoms with Crippen molar-refractivity contribution in [3.05, 3.63) is 0 Å². The maximum Gasteiger partial charge on any atom is 0.318 e. The van der Waals surface area contributed by atoms with E-state index >= 15 is 0 Å². The lowest BCUT2D eigenvalue weighted by Gasteiger charge is -2.31. The molecule has 1 aliphatic rings. The number of nitrogens with one attached hydrogen (secondary N) is 2. The van der Waals surface area contributed by atoms with Gasteiger partial charge in [-0.1, -0.05) is 13.3 Å². The molecule has 0 aromatic heterocycles. The second kappa shape index (κ2) is 6.88. The molecule has 0 saturated carbocycles. The molecule has 8 nitrogen and oxygen atoms in total. The lowest BCUT2D eigenvalue weighted by Crippen LogP contribution is -2.60. The zero-order valence-corrected chi connectivity index (χ0v) is 11.5. The summed E-state index contributed by atoms with van der Waals surface area (Å²) >= 11 is 0. The second-order valence-electron chi connectivity index (χ2n) is 4.73. The van der Waals surface area contributed by atoms with Crippen LogP contribution in [0.15, 0.2) is 0 Å². The van der Waals surface area contributed by atoms with E-state index in [9.17, 15) is 19.2 Å². The van der Waals surface area contributed by atoms with Crippen molar-refractivity contribution in [2.24, 2.45) is 5.92 Å². The molecule has 1 saturated heterocycles. The molecule has 1 rings (SSSR count). The smallest absolute Gasteiger partial charge is 0.318 e. The van der Waals surface area contributed by atoms with Crippen molar-refractivity contribution in [1.29, 1.82) is 0 Å². The van der Waals surface area contributed by atoms with Gasteiger partial charge in [-0.05, 0) is 13.3 Å². The van der Waals surface area contributed by atoms with E-state index in [0.717, 1.165) is 4.90 Å². The number of amides is 4. The molecule has 0 aromatic rings. The van der Waals surface area contributed by atoms with Gasteiger partial charge in [0, 0.05) is 6.54 Å². The first-order chi connectivity index (χ1) is 9.36. The highest BCUT2D eigenvalue weighted by atomic mass is 16.4. The van der Waals surface area contributed by atoms with Gasteiger partial charge in [-0.25, -0.2) is 4.79 Å². The average Bonchev–Trinajstić information content (AvgIpc) is 2.37. The Bertz CT molecular complexity index is 423. The molecule has 1 fully saturated rings. The van der Waals surface area contributed by atoms with Gasteiger partial charge in [-0.3, -0.25) is 19.7 Å². The second-order valence-corrected chi connectivity index (χ2v) is 4.73. The van der Waals surface area contributed by atoms with Crippen LogP contribution in [0.4, 0.5) is 4.79 Å². The summed E-state index contributed by atoms with van der Waals surface area (Å²) < 4.78 is 0. The van der Waals surface area contributed by atoms with E-state index in [4.69, 9.17) is 5.11 Å². The Kier molecular flexibility index (Phi) is 5.48. The molecule has 0 aliphatic carbocycles. The normalized spacial score (nSPS) is 20.3. The van der Waals surface area contributed by atoms with Crippen molar-refractivity contribution in [3.63, 3.8) is 0 Å². The van der Waals surface area contributed by atoms with Crippen LogP contribution in [-0.2, 0) is 14.4 Å². The van der Waals surface area contributed by atoms with Crippen molar-refractivity contribution in [3.8, 4) is 0 Å². The highest BCUT2D eigenvalue weighted by Gasteiger charge is 2.33. The van der Waals surface area contributed by atoms with Crippen molar-refractivity contribution in [2.75, 3.05) is 13.1 Å². The highest BCUT2D eigenvalue weighted by Crippen LogP contribution is 2.08. The molecule has 8 heteroatoms. The molecule has 0 aromatic carbocycles. The number of carboxylic acids is 1. The molecule has 2 atom stereocenters. The molecule has 20 heavy (non-hydrogen) atoms. The van der Waals surface area contributed by atoms with Gasteiger partial charge in [0.2, 0.25) is 11.8 Å². The van der Waals surface area contributed by atoms with E-state index < -0.39 is 35.8 Å². The fourth-order valence-corrected chi connectivity index (χ4v) is 1.94. The quantitative estimate of drug-likeness (QED) is 0.591. The fourth-order valence-electron chi connectivity index (χ4n) is 1.94. The lowest BCUT2D eigenvalue weighted by atomic mass is 10.0. The third-order valence-electron chi connectivity index (χ3n) is 3.17. The van der Waals surface area contributed by atoms with Crippen LogP contribution in [0.1, 0.15) is 26.7 Å². The van der Waals surface area contributed by atoms with Gasteiger partial charge >= 0.3 is 12.0 Å². The molecule has 0 spiro atoms. The van der Waals surface area contributed by atoms with Gasteiger partial charge in [0.05, 0.1) is 5.92 Å². The molecule has 0 radical (unpaired) electrons. The number of nitrogens with zero attached hydrogens (tertiary/aromatic N) is 1. The van der Waals surface area contributed by atoms with Crippen LogP contribution in [0.3, 0.4) is 0 Å². The van der Waals surface area contributed by atoms with Crippen LogP contribution >= 0.6 is 0 Å². The number of carboxylic acid groups (broad SMARTS) is 1. The minimum absolute atomic E-state index is 0.0267. The van der Waals surface area contributed by atoms with Crippen LogP contribution in [-0.4, -0.2) is 53.0 Å². The number of hydrogen-bond donors (Lipinski definition) is 3. The molecule has 112 valence electrons. The number of piperazine rings is 1. The van der Waals surface area contributed by atoms with E-state index in [1.165, 1.54) is 6.92 Å². The Morgan fingerprint density at radius 2 is 2.15 bits per heavy atom. The molecule has 4 amide bonds. The minimum Gasteiger partial charge on any atom is -0.481 e. The zero-order chi connectivity index (χ0) is 15.3. The van der Waals surface area contributed by atoms with Crippen molar-refractivity contribution < 1.29 is 24.3 Å². The van der Waals surface area contributed by atoms with Gasteiger partial charge in [-0.2, -0.15) is 0 Å². The van der Waals surface area contributed by atoms with Gasteiger partial charge in [0.15, 0.2) is 0 Å². The van der Waals surface area contributed by atoms with Gasteiger partial charge < -0.3 is 15.3 Å². The van der Waals surface area contributed by atoms with Crippen LogP contribution in [0.5, 0.6) is 0 Å². The Morgan fingerprint density at radius 1 is 1.50 bits per heavy atom. The van der Waals surface area contributed by atoms with Crippen molar-refractivity contribution in [2.45, 2.75) is 32.7 Å². The number of carbonyl (C=O) groups excluding carboxylic acids is 3. The summed E-state index contributed by atoms with van der Waals surface area (Å²) in [6.45, 7) is 3.11. The number of hydrogen-bond acceptors (Lipinski definition) is 4. The maximum atomic E-state index is 11.9. The molecular formula is C12H19N3O5. The van der Waals surface area contributed by atoms with Crippen LogP contribution in [0.2, 0.25) is 0 Å². The summed E-state index contributed by atoms with van der Waals surface area (Å²) in [5.74, 6) is -2.74. The predicted octanol–water partition coefficient (Wildman–Crippen LogP) is -0.456. The first-order valence-electron chi connectivity index (χ1n) is 6.47. The number of urea groups is 1. The molecule has 1 aliphatic heterocycles. The van der Waals surface area contributed by atoms with E-state index in [1.807, 2.05) is 6.92 Å². The Morgan fingerprint density at radius 3 is 2.70 bits per heavy atom. The summed E-state index contributed by atoms with van der Waals surface area (Å²) in [7, 11) is 0. The molecule has 1 heterocycles. The van der Waals surface area contributed by atoms with E-state index in [-0.39, 0.29) is 13.1 Å². The van der Waals surface area contributed by atoms with Gasteiger partial charge in [0.1, 0.15) is 12.6 Å². The maximum absolute atomic E-state index is 11.9. The summed E-state index contributed by atoms with van der Waals surface area (Å²) in [4.78, 5) is 46.6. The Balaban J connectivity index is 2.59. The SMILES string of the molecule is CCCC(CNC(=O)N1CC(=O)NC(=O)C1C)C(=O)O. The fraction of sp³-hybridized carbons (Fsp3) is 0.667. The summed E-state index contributed by atoms with van der Waals surface area (Å²) in [6.07, 6.45) is 1.14. The van der Waals surface area contributed by atoms with E-state index in [0.29, 0.717) is 12.8 Å². The monoisotopic (exact) mass is 285 g/mol. The zero-order valence-electron chi connectivity index (χ0n) is 11.5. The largest absolute Gasteiger partial charge is 0.481 e. The van der Waals surface area contributed by atoms with Crippen molar-refractivity contribution >= 4 is 23.8 Å². The van der Waals surface area contributed by atoms with Crippen LogP contribution < -0.4 is 10.6 Å². The van der Waals surface area contributed by atoms with Gasteiger partial charge in [0.25, 0.3) is 0 Å². The lowest BCUT2D eigenvalue weighted by molar-refractivity contribution is -0.142. The number of rotatable bonds is 5. The molecular weight excluding hydrogens is 266 g/mol. The summed E-state index contributed by atoms with van der Waals surface area (Å²) in [5.41, 5.74) is 0. The van der Waals surface area contributed by atoms with E-state index in [1.54, 1.807) is 0 Å². The van der Waals surface area contributed by atoms with Crippen LogP contribution in [0.25, 0.3) is 0 Å². The third-order valence-corrected chi connectivity index (χ3v) is 3.17. The van der Waals surface area contributed by atoms with Crippen molar-refractivity contribution in [1.82, 2.24) is 15.5 Å². The third kappa shape index (κ3) is 3.94. The molecule has 0 bridgehead atoms. The topological polar surface area (TPSA) is 116 Å². The standard InChI is InChI=1S/C12H19N3O5/c1-3-4-8(11(18)19)5-13-12(20)15-6-9(16)14-10(17)7(15)2/h7-8H,3-6H2,1-2H3,(H,13,20)(H,18,19)(H,14,16,17). The van der Waals surface area contributed by atoms with Crippen LogP contribution in [0, 0.1) is 5.92 Å². The first-order valence-corrected chi connectivity index (χ1v) is 6.47. The molecule has 2 unspecified atom stereocenters. The van der Waals surface area contributed by atoms with E-state index in [2.05, 4.69) is 10.6 Å². The number of carbonyl (C=O) groups is 4. The predicted molar refractivity (Wildman–Crippen MR) is 68.8 cm³/mol. The Hall–Kier alpha value is -2.12. The average molecular weight is 285 g/mol. The highest BCUT2D eigenvalue weighted by molar-refractivity contribution is 6.03. The van der Waals surface area contributed by atoms with Gasteiger partial charge in [-0.15, -0.1) is 0 Å². The minimum atomic E-state index is -0.979. The summed E-state index contributed by atoms with van der Waals surface area (Å²) in [6, 6.07) is -1.37.